The van der Waals surface area contributed by atoms with E-state index in [-0.39, 0.29) is 20.4 Å². The summed E-state index contributed by atoms with van der Waals surface area (Å²) in [6.45, 7) is 0. The Morgan fingerprint density at radius 1 is 0.808 bits per heavy atom. The Morgan fingerprint density at radius 3 is 2.19 bits per heavy atom. The van der Waals surface area contributed by atoms with Crippen molar-refractivity contribution >= 4 is 0 Å². The molecule has 4 nitrogen and oxygen atoms in total. The van der Waals surface area contributed by atoms with Crippen LogP contribution in [0.1, 0.15) is 0 Å². The molecule has 0 fully saturated rings. The van der Waals surface area contributed by atoms with Gasteiger partial charge in [0.05, 0.1) is 5.82 Å². The maximum Gasteiger partial charge on any atom is 2.00 e. The molecule has 2 heterocycles. The van der Waals surface area contributed by atoms with Crippen LogP contribution < -0.4 is 4.74 Å². The molecule has 4 rings (SSSR count). The molecule has 0 bridgehead atoms. The van der Waals surface area contributed by atoms with Gasteiger partial charge in [0.15, 0.2) is 0 Å². The van der Waals surface area contributed by atoms with E-state index in [1.165, 1.54) is 0 Å². The fraction of sp³-hybridized carbons (Fsp3) is 0.0476. The minimum atomic E-state index is 0. The van der Waals surface area contributed by atoms with Crippen LogP contribution in [0.3, 0.4) is 0 Å². The van der Waals surface area contributed by atoms with E-state index in [1.54, 1.807) is 12.4 Å². The number of hydrogen-bond donors (Lipinski definition) is 0. The number of pyridine rings is 1. The molecule has 4 aromatic rings. The molecule has 0 saturated carbocycles. The predicted molar refractivity (Wildman–Crippen MR) is 96.1 cm³/mol. The summed E-state index contributed by atoms with van der Waals surface area (Å²) in [5, 5.41) is 0. The topological polar surface area (TPSA) is 39.9 Å². The molecule has 26 heavy (non-hydrogen) atoms. The number of rotatable bonds is 4. The van der Waals surface area contributed by atoms with E-state index in [0.717, 1.165) is 22.6 Å². The largest absolute Gasteiger partial charge is 2.00 e. The molecule has 0 aliphatic heterocycles. The fourth-order valence-electron chi connectivity index (χ4n) is 2.56. The third-order valence-electron chi connectivity index (χ3n) is 3.76. The Kier molecular flexibility index (Phi) is 5.62. The first-order chi connectivity index (χ1) is 12.3. The summed E-state index contributed by atoms with van der Waals surface area (Å²) < 4.78 is 7.89. The first-order valence-corrected chi connectivity index (χ1v) is 7.91. The summed E-state index contributed by atoms with van der Waals surface area (Å²) in [5.74, 6) is 2.09. The number of aryl methyl sites for hydroxylation is 1. The van der Waals surface area contributed by atoms with Crippen molar-refractivity contribution < 1.29 is 25.2 Å². The van der Waals surface area contributed by atoms with Gasteiger partial charge < -0.3 is 14.3 Å². The molecule has 0 aliphatic rings. The number of benzene rings is 2. The summed E-state index contributed by atoms with van der Waals surface area (Å²) in [6.07, 6.45) is 5.43. The molecule has 5 heteroatoms. The molecule has 0 unspecified atom stereocenters. The SMILES string of the molecule is Cn1ccnc1-c1[c-]c(Oc2[c-]c(-c3ccccn3)ccc2)ccc1.[Pd+2]. The molecule has 2 aromatic heterocycles. The summed E-state index contributed by atoms with van der Waals surface area (Å²) in [6, 6.07) is 23.8. The quantitative estimate of drug-likeness (QED) is 0.352. The third-order valence-corrected chi connectivity index (χ3v) is 3.76. The molecule has 130 valence electrons. The van der Waals surface area contributed by atoms with Crippen molar-refractivity contribution in [3.8, 4) is 34.1 Å². The molecule has 0 aliphatic carbocycles. The second-order valence-corrected chi connectivity index (χ2v) is 5.54. The van der Waals surface area contributed by atoms with Gasteiger partial charge in [-0.2, -0.15) is 0 Å². The summed E-state index contributed by atoms with van der Waals surface area (Å²) >= 11 is 0. The Hall–Kier alpha value is -2.74. The van der Waals surface area contributed by atoms with Gasteiger partial charge in [0.1, 0.15) is 0 Å². The molecule has 0 amide bonds. The van der Waals surface area contributed by atoms with Crippen LogP contribution in [0, 0.1) is 12.1 Å². The van der Waals surface area contributed by atoms with Gasteiger partial charge in [-0.1, -0.05) is 24.3 Å². The third kappa shape index (κ3) is 3.91. The van der Waals surface area contributed by atoms with Crippen LogP contribution in [-0.2, 0) is 27.5 Å². The van der Waals surface area contributed by atoms with Crippen molar-refractivity contribution in [2.45, 2.75) is 0 Å². The first-order valence-electron chi connectivity index (χ1n) is 7.91. The van der Waals surface area contributed by atoms with Crippen LogP contribution in [0.15, 0.2) is 73.2 Å². The average Bonchev–Trinajstić information content (AvgIpc) is 3.09. The van der Waals surface area contributed by atoms with Gasteiger partial charge in [0.2, 0.25) is 0 Å². The van der Waals surface area contributed by atoms with Gasteiger partial charge in [-0.15, -0.1) is 47.5 Å². The number of ether oxygens (including phenoxy) is 1. The van der Waals surface area contributed by atoms with E-state index in [9.17, 15) is 0 Å². The van der Waals surface area contributed by atoms with Crippen LogP contribution >= 0.6 is 0 Å². The second kappa shape index (κ2) is 8.09. The van der Waals surface area contributed by atoms with Crippen LogP contribution in [0.2, 0.25) is 0 Å². The zero-order valence-corrected chi connectivity index (χ0v) is 15.5. The van der Waals surface area contributed by atoms with Gasteiger partial charge in [0, 0.05) is 37.1 Å². The fourth-order valence-corrected chi connectivity index (χ4v) is 2.56. The first kappa shape index (κ1) is 18.1. The number of hydrogen-bond acceptors (Lipinski definition) is 3. The van der Waals surface area contributed by atoms with Gasteiger partial charge in [0.25, 0.3) is 0 Å². The van der Waals surface area contributed by atoms with Crippen LogP contribution in [0.25, 0.3) is 22.6 Å². The van der Waals surface area contributed by atoms with E-state index >= 15 is 0 Å². The van der Waals surface area contributed by atoms with Crippen molar-refractivity contribution in [2.75, 3.05) is 0 Å². The zero-order valence-electron chi connectivity index (χ0n) is 14.0. The van der Waals surface area contributed by atoms with Gasteiger partial charge in [-0.3, -0.25) is 4.98 Å². The minimum Gasteiger partial charge on any atom is -0.497 e. The van der Waals surface area contributed by atoms with E-state index in [2.05, 4.69) is 22.1 Å². The Morgan fingerprint density at radius 2 is 1.54 bits per heavy atom. The molecular weight excluding hydrogens is 417 g/mol. The van der Waals surface area contributed by atoms with Gasteiger partial charge in [-0.05, 0) is 11.8 Å². The van der Waals surface area contributed by atoms with E-state index in [0.29, 0.717) is 11.5 Å². The van der Waals surface area contributed by atoms with Gasteiger partial charge in [-0.25, -0.2) is 0 Å². The van der Waals surface area contributed by atoms with Crippen molar-refractivity contribution in [2.24, 2.45) is 7.05 Å². The van der Waals surface area contributed by atoms with E-state index in [4.69, 9.17) is 4.74 Å². The maximum absolute atomic E-state index is 5.94. The number of imidazole rings is 1. The molecule has 0 saturated heterocycles. The molecule has 0 radical (unpaired) electrons. The minimum absolute atomic E-state index is 0. The summed E-state index contributed by atoms with van der Waals surface area (Å²) in [5.41, 5.74) is 2.63. The average molecular weight is 432 g/mol. The molecule has 0 N–H and O–H groups in total. The Balaban J connectivity index is 0.00000196. The normalized spacial score (nSPS) is 10.2. The van der Waals surface area contributed by atoms with Gasteiger partial charge >= 0.3 is 20.4 Å². The Labute approximate surface area is 166 Å². The summed E-state index contributed by atoms with van der Waals surface area (Å²) in [4.78, 5) is 8.70. The maximum atomic E-state index is 5.94. The Bertz CT molecular complexity index is 999. The summed E-state index contributed by atoms with van der Waals surface area (Å²) in [7, 11) is 1.95. The van der Waals surface area contributed by atoms with Crippen LogP contribution in [0.4, 0.5) is 0 Å². The monoisotopic (exact) mass is 431 g/mol. The van der Waals surface area contributed by atoms with Crippen molar-refractivity contribution in [1.82, 2.24) is 14.5 Å². The molecule has 0 spiro atoms. The van der Waals surface area contributed by atoms with Crippen molar-refractivity contribution in [3.63, 3.8) is 0 Å². The predicted octanol–water partition coefficient (Wildman–Crippen LogP) is 4.54. The van der Waals surface area contributed by atoms with E-state index in [1.807, 2.05) is 72.4 Å². The van der Waals surface area contributed by atoms with E-state index < -0.39 is 0 Å². The van der Waals surface area contributed by atoms with Crippen molar-refractivity contribution in [3.05, 3.63) is 85.3 Å². The van der Waals surface area contributed by atoms with Crippen molar-refractivity contribution in [1.29, 1.82) is 0 Å². The molecule has 2 aromatic carbocycles. The van der Waals surface area contributed by atoms with Crippen LogP contribution in [-0.4, -0.2) is 14.5 Å². The smallest absolute Gasteiger partial charge is 0.497 e. The number of aromatic nitrogens is 3. The second-order valence-electron chi connectivity index (χ2n) is 5.54. The molecular formula is C21H15N3OPd. The number of nitrogens with zero attached hydrogens (tertiary/aromatic N) is 3. The van der Waals surface area contributed by atoms with Crippen LogP contribution in [0.5, 0.6) is 11.5 Å². The standard InChI is InChI=1S/C21H15N3O.Pd/c1-24-13-12-23-21(24)17-7-5-9-19(15-17)25-18-8-4-6-16(14-18)20-10-2-3-11-22-20;/h2-13H,1H3;/q-2;+2. The molecule has 0 atom stereocenters. The zero-order chi connectivity index (χ0) is 17.1.